The molecule has 0 saturated carbocycles. The van der Waals surface area contributed by atoms with E-state index in [2.05, 4.69) is 21.2 Å². The fraction of sp³-hybridized carbons (Fsp3) is 0.136. The van der Waals surface area contributed by atoms with E-state index in [9.17, 15) is 4.79 Å². The normalized spacial score (nSPS) is 10.6. The van der Waals surface area contributed by atoms with Crippen LogP contribution < -0.4 is 10.1 Å². The number of carbonyl (C=O) groups is 1. The molecule has 3 rings (SSSR count). The number of carboxylic acids is 1. The van der Waals surface area contributed by atoms with Crippen LogP contribution in [0, 0.1) is 0 Å². The Morgan fingerprint density at radius 2 is 1.54 bits per heavy atom. The molecule has 0 fully saturated rings. The number of hydrogen-bond acceptors (Lipinski definition) is 3. The summed E-state index contributed by atoms with van der Waals surface area (Å²) in [5, 5.41) is 13.0. The van der Waals surface area contributed by atoms with Crippen molar-refractivity contribution in [1.29, 1.82) is 0 Å². The molecular weight excluding hydrogens is 442 g/mol. The highest BCUT2D eigenvalue weighted by molar-refractivity contribution is 9.10. The monoisotopic (exact) mass is 459 g/mol. The fourth-order valence-corrected chi connectivity index (χ4v) is 3.30. The van der Waals surface area contributed by atoms with Crippen LogP contribution in [0.2, 0.25) is 5.02 Å². The molecule has 0 unspecified atom stereocenters. The first-order chi connectivity index (χ1) is 13.5. The first-order valence-electron chi connectivity index (χ1n) is 8.70. The molecule has 3 aromatic carbocycles. The van der Waals surface area contributed by atoms with E-state index in [4.69, 9.17) is 21.4 Å². The Hall–Kier alpha value is -2.34. The Morgan fingerprint density at radius 3 is 2.18 bits per heavy atom. The molecule has 0 aliphatic carbocycles. The van der Waals surface area contributed by atoms with E-state index in [0.29, 0.717) is 30.3 Å². The lowest BCUT2D eigenvalue weighted by Crippen LogP contribution is -2.12. The van der Waals surface area contributed by atoms with Gasteiger partial charge in [0.1, 0.15) is 12.4 Å². The van der Waals surface area contributed by atoms with Crippen molar-refractivity contribution in [1.82, 2.24) is 5.32 Å². The summed E-state index contributed by atoms with van der Waals surface area (Å²) in [6.07, 6.45) is 0. The van der Waals surface area contributed by atoms with Crippen molar-refractivity contribution >= 4 is 33.5 Å². The average molecular weight is 461 g/mol. The number of carboxylic acid groups (broad SMARTS) is 1. The molecule has 0 bridgehead atoms. The van der Waals surface area contributed by atoms with Gasteiger partial charge >= 0.3 is 5.97 Å². The lowest BCUT2D eigenvalue weighted by atomic mass is 10.1. The molecular formula is C22H19BrClNO3. The second kappa shape index (κ2) is 9.73. The number of benzene rings is 3. The number of halogens is 2. The second-order valence-corrected chi connectivity index (χ2v) is 7.58. The van der Waals surface area contributed by atoms with Gasteiger partial charge in [0, 0.05) is 18.1 Å². The van der Waals surface area contributed by atoms with Crippen molar-refractivity contribution in [3.63, 3.8) is 0 Å². The van der Waals surface area contributed by atoms with E-state index >= 15 is 0 Å². The van der Waals surface area contributed by atoms with E-state index in [1.54, 1.807) is 12.1 Å². The van der Waals surface area contributed by atoms with E-state index in [1.165, 1.54) is 0 Å². The molecule has 0 spiro atoms. The van der Waals surface area contributed by atoms with Crippen molar-refractivity contribution in [3.8, 4) is 5.75 Å². The zero-order valence-corrected chi connectivity index (χ0v) is 17.3. The highest BCUT2D eigenvalue weighted by Gasteiger charge is 2.05. The SMILES string of the molecule is O=C(O)c1ccc(CNCc2ccc(OCc3ccc(Cl)cc3)c(Br)c2)cc1. The summed E-state index contributed by atoms with van der Waals surface area (Å²) < 4.78 is 6.76. The van der Waals surface area contributed by atoms with Gasteiger partial charge in [-0.1, -0.05) is 41.9 Å². The Morgan fingerprint density at radius 1 is 0.929 bits per heavy atom. The number of rotatable bonds is 8. The van der Waals surface area contributed by atoms with Gasteiger partial charge < -0.3 is 15.2 Å². The van der Waals surface area contributed by atoms with Gasteiger partial charge in [0.25, 0.3) is 0 Å². The minimum absolute atomic E-state index is 0.293. The zero-order valence-electron chi connectivity index (χ0n) is 15.0. The number of aromatic carboxylic acids is 1. The predicted octanol–water partition coefficient (Wildman–Crippen LogP) is 5.67. The maximum atomic E-state index is 10.9. The van der Waals surface area contributed by atoms with E-state index in [1.807, 2.05) is 54.6 Å². The number of ether oxygens (including phenoxy) is 1. The van der Waals surface area contributed by atoms with Crippen LogP contribution in [0.4, 0.5) is 0 Å². The topological polar surface area (TPSA) is 58.6 Å². The van der Waals surface area contributed by atoms with Gasteiger partial charge in [-0.2, -0.15) is 0 Å². The van der Waals surface area contributed by atoms with E-state index < -0.39 is 5.97 Å². The molecule has 2 N–H and O–H groups in total. The van der Waals surface area contributed by atoms with Crippen molar-refractivity contribution in [2.75, 3.05) is 0 Å². The summed E-state index contributed by atoms with van der Waals surface area (Å²) >= 11 is 9.45. The molecule has 0 aromatic heterocycles. The Kier molecular flexibility index (Phi) is 7.09. The van der Waals surface area contributed by atoms with Crippen LogP contribution in [-0.2, 0) is 19.7 Å². The van der Waals surface area contributed by atoms with Crippen LogP contribution in [0.5, 0.6) is 5.75 Å². The molecule has 0 aliphatic heterocycles. The second-order valence-electron chi connectivity index (χ2n) is 6.29. The van der Waals surface area contributed by atoms with Gasteiger partial charge in [-0.15, -0.1) is 0 Å². The molecule has 0 amide bonds. The molecule has 4 nitrogen and oxygen atoms in total. The first kappa shape index (κ1) is 20.4. The van der Waals surface area contributed by atoms with Crippen molar-refractivity contribution in [2.24, 2.45) is 0 Å². The lowest BCUT2D eigenvalue weighted by molar-refractivity contribution is 0.0697. The van der Waals surface area contributed by atoms with Gasteiger partial charge in [0.05, 0.1) is 10.0 Å². The molecule has 0 saturated heterocycles. The standard InChI is InChI=1S/C22H19BrClNO3/c23-20-11-17(13-25-12-15-1-6-18(7-2-15)22(26)27)5-10-21(20)28-14-16-3-8-19(24)9-4-16/h1-11,25H,12-14H2,(H,26,27). The van der Waals surface area contributed by atoms with Crippen LogP contribution in [0.25, 0.3) is 0 Å². The van der Waals surface area contributed by atoms with Crippen LogP contribution in [0.3, 0.4) is 0 Å². The molecule has 144 valence electrons. The van der Waals surface area contributed by atoms with Crippen LogP contribution in [0.1, 0.15) is 27.0 Å². The van der Waals surface area contributed by atoms with Crippen molar-refractivity contribution in [3.05, 3.63) is 98.5 Å². The third kappa shape index (κ3) is 5.83. The smallest absolute Gasteiger partial charge is 0.335 e. The molecule has 0 atom stereocenters. The largest absolute Gasteiger partial charge is 0.488 e. The van der Waals surface area contributed by atoms with E-state index in [0.717, 1.165) is 26.9 Å². The summed E-state index contributed by atoms with van der Waals surface area (Å²) in [5.74, 6) is -0.134. The van der Waals surface area contributed by atoms with Gasteiger partial charge in [-0.3, -0.25) is 0 Å². The fourth-order valence-electron chi connectivity index (χ4n) is 2.63. The molecule has 0 heterocycles. The maximum absolute atomic E-state index is 10.9. The van der Waals surface area contributed by atoms with Crippen molar-refractivity contribution < 1.29 is 14.6 Å². The quantitative estimate of drug-likeness (QED) is 0.455. The molecule has 3 aromatic rings. The molecule has 6 heteroatoms. The minimum Gasteiger partial charge on any atom is -0.488 e. The average Bonchev–Trinajstić information content (AvgIpc) is 2.69. The van der Waals surface area contributed by atoms with Gasteiger partial charge in [-0.05, 0) is 69.0 Å². The minimum atomic E-state index is -0.914. The van der Waals surface area contributed by atoms with Gasteiger partial charge in [0.2, 0.25) is 0 Å². The maximum Gasteiger partial charge on any atom is 0.335 e. The third-order valence-electron chi connectivity index (χ3n) is 4.16. The Labute approximate surface area is 177 Å². The van der Waals surface area contributed by atoms with Gasteiger partial charge in [0.15, 0.2) is 0 Å². The number of nitrogens with one attached hydrogen (secondary N) is 1. The Bertz CT molecular complexity index is 943. The molecule has 0 aliphatic rings. The Balaban J connectivity index is 1.50. The van der Waals surface area contributed by atoms with E-state index in [-0.39, 0.29) is 0 Å². The molecule has 28 heavy (non-hydrogen) atoms. The highest BCUT2D eigenvalue weighted by atomic mass is 79.9. The van der Waals surface area contributed by atoms with Crippen molar-refractivity contribution in [2.45, 2.75) is 19.7 Å². The van der Waals surface area contributed by atoms with Gasteiger partial charge in [-0.25, -0.2) is 4.79 Å². The third-order valence-corrected chi connectivity index (χ3v) is 5.03. The summed E-state index contributed by atoms with van der Waals surface area (Å²) in [6.45, 7) is 1.82. The summed E-state index contributed by atoms with van der Waals surface area (Å²) in [7, 11) is 0. The summed E-state index contributed by atoms with van der Waals surface area (Å²) in [6, 6.07) is 20.4. The number of hydrogen-bond donors (Lipinski definition) is 2. The van der Waals surface area contributed by atoms with Crippen LogP contribution in [0.15, 0.2) is 71.2 Å². The summed E-state index contributed by atoms with van der Waals surface area (Å²) in [4.78, 5) is 10.9. The van der Waals surface area contributed by atoms with Crippen LogP contribution in [-0.4, -0.2) is 11.1 Å². The zero-order chi connectivity index (χ0) is 19.9. The van der Waals surface area contributed by atoms with Crippen LogP contribution >= 0.6 is 27.5 Å². The lowest BCUT2D eigenvalue weighted by Gasteiger charge is -2.11. The first-order valence-corrected chi connectivity index (χ1v) is 9.87. The molecule has 0 radical (unpaired) electrons. The highest BCUT2D eigenvalue weighted by Crippen LogP contribution is 2.27. The summed E-state index contributed by atoms with van der Waals surface area (Å²) in [5.41, 5.74) is 3.50. The predicted molar refractivity (Wildman–Crippen MR) is 114 cm³/mol.